The molecule has 1 heterocycles. The summed E-state index contributed by atoms with van der Waals surface area (Å²) in [6.45, 7) is 1.50. The lowest BCUT2D eigenvalue weighted by Crippen LogP contribution is -2.40. The highest BCUT2D eigenvalue weighted by atomic mass is 16.5. The molecule has 8 nitrogen and oxygen atoms in total. The second-order valence-corrected chi connectivity index (χ2v) is 5.44. The zero-order valence-electron chi connectivity index (χ0n) is 14.4. The SMILES string of the molecule is COc1ccc(CN(C)CC(=O)N2CCNC2=O)c(OC)c1OC. The third kappa shape index (κ3) is 3.70. The highest BCUT2D eigenvalue weighted by molar-refractivity contribution is 5.96. The molecule has 0 saturated carbocycles. The van der Waals surface area contributed by atoms with Crippen molar-refractivity contribution in [1.29, 1.82) is 0 Å². The van der Waals surface area contributed by atoms with Gasteiger partial charge in [0, 0.05) is 25.2 Å². The largest absolute Gasteiger partial charge is 0.493 e. The number of carbonyl (C=O) groups is 2. The molecule has 0 aromatic heterocycles. The number of nitrogens with one attached hydrogen (secondary N) is 1. The van der Waals surface area contributed by atoms with Crippen molar-refractivity contribution in [2.45, 2.75) is 6.54 Å². The molecule has 1 aromatic rings. The lowest BCUT2D eigenvalue weighted by Gasteiger charge is -2.22. The number of methoxy groups -OCH3 is 3. The van der Waals surface area contributed by atoms with E-state index in [0.29, 0.717) is 36.9 Å². The molecule has 1 N–H and O–H groups in total. The first-order valence-electron chi connectivity index (χ1n) is 7.56. The Morgan fingerprint density at radius 2 is 1.92 bits per heavy atom. The van der Waals surface area contributed by atoms with E-state index in [4.69, 9.17) is 14.2 Å². The normalized spacial score (nSPS) is 13.9. The van der Waals surface area contributed by atoms with Gasteiger partial charge in [0.2, 0.25) is 11.7 Å². The summed E-state index contributed by atoms with van der Waals surface area (Å²) in [5, 5.41) is 2.62. The van der Waals surface area contributed by atoms with E-state index >= 15 is 0 Å². The number of hydrogen-bond acceptors (Lipinski definition) is 6. The smallest absolute Gasteiger partial charge is 0.324 e. The average Bonchev–Trinajstić information content (AvgIpc) is 3.00. The second kappa shape index (κ2) is 7.87. The second-order valence-electron chi connectivity index (χ2n) is 5.44. The van der Waals surface area contributed by atoms with Gasteiger partial charge in [-0.05, 0) is 13.1 Å². The van der Waals surface area contributed by atoms with Crippen molar-refractivity contribution in [3.05, 3.63) is 17.7 Å². The zero-order chi connectivity index (χ0) is 17.7. The number of likely N-dealkylation sites (N-methyl/N-ethyl adjacent to an activating group) is 1. The fraction of sp³-hybridized carbons (Fsp3) is 0.500. The molecule has 3 amide bonds. The Morgan fingerprint density at radius 3 is 2.46 bits per heavy atom. The fourth-order valence-electron chi connectivity index (χ4n) is 2.66. The quantitative estimate of drug-likeness (QED) is 0.789. The molecule has 0 aliphatic carbocycles. The van der Waals surface area contributed by atoms with Gasteiger partial charge in [0.1, 0.15) is 0 Å². The number of benzene rings is 1. The number of ether oxygens (including phenoxy) is 3. The van der Waals surface area contributed by atoms with Gasteiger partial charge in [-0.15, -0.1) is 0 Å². The third-order valence-corrected chi connectivity index (χ3v) is 3.79. The Hall–Kier alpha value is -2.48. The molecule has 0 bridgehead atoms. The zero-order valence-corrected chi connectivity index (χ0v) is 14.4. The van der Waals surface area contributed by atoms with Crippen molar-refractivity contribution in [1.82, 2.24) is 15.1 Å². The summed E-state index contributed by atoms with van der Waals surface area (Å²) in [7, 11) is 6.47. The molecule has 0 atom stereocenters. The summed E-state index contributed by atoms with van der Waals surface area (Å²) in [6.07, 6.45) is 0. The minimum absolute atomic E-state index is 0.130. The molecule has 0 unspecified atom stereocenters. The number of rotatable bonds is 7. The van der Waals surface area contributed by atoms with Gasteiger partial charge in [-0.3, -0.25) is 14.6 Å². The highest BCUT2D eigenvalue weighted by Gasteiger charge is 2.27. The topological polar surface area (TPSA) is 80.3 Å². The fourth-order valence-corrected chi connectivity index (χ4v) is 2.66. The van der Waals surface area contributed by atoms with Crippen molar-refractivity contribution < 1.29 is 23.8 Å². The van der Waals surface area contributed by atoms with Crippen LogP contribution in [-0.2, 0) is 11.3 Å². The summed E-state index contributed by atoms with van der Waals surface area (Å²) in [6, 6.07) is 3.32. The van der Waals surface area contributed by atoms with Gasteiger partial charge in [0.05, 0.1) is 27.9 Å². The number of urea groups is 1. The van der Waals surface area contributed by atoms with Gasteiger partial charge in [-0.1, -0.05) is 6.07 Å². The summed E-state index contributed by atoms with van der Waals surface area (Å²) >= 11 is 0. The van der Waals surface area contributed by atoms with Crippen LogP contribution in [0.4, 0.5) is 4.79 Å². The number of carbonyl (C=O) groups excluding carboxylic acids is 2. The van der Waals surface area contributed by atoms with Crippen LogP contribution in [0.15, 0.2) is 12.1 Å². The number of imide groups is 1. The Bertz CT molecular complexity index is 620. The maximum atomic E-state index is 12.2. The highest BCUT2D eigenvalue weighted by Crippen LogP contribution is 2.40. The van der Waals surface area contributed by atoms with Gasteiger partial charge in [0.25, 0.3) is 0 Å². The first-order valence-corrected chi connectivity index (χ1v) is 7.56. The van der Waals surface area contributed by atoms with Crippen molar-refractivity contribution >= 4 is 11.9 Å². The molecule has 1 aliphatic heterocycles. The molecule has 8 heteroatoms. The Morgan fingerprint density at radius 1 is 1.21 bits per heavy atom. The molecule has 0 radical (unpaired) electrons. The van der Waals surface area contributed by atoms with E-state index in [1.165, 1.54) is 4.90 Å². The van der Waals surface area contributed by atoms with E-state index < -0.39 is 0 Å². The van der Waals surface area contributed by atoms with Gasteiger partial charge in [-0.25, -0.2) is 4.79 Å². The minimum Gasteiger partial charge on any atom is -0.493 e. The monoisotopic (exact) mass is 337 g/mol. The van der Waals surface area contributed by atoms with Crippen molar-refractivity contribution in [2.24, 2.45) is 0 Å². The first kappa shape index (κ1) is 17.9. The maximum Gasteiger partial charge on any atom is 0.324 e. The summed E-state index contributed by atoms with van der Waals surface area (Å²) < 4.78 is 16.1. The summed E-state index contributed by atoms with van der Waals surface area (Å²) in [5.41, 5.74) is 0.858. The van der Waals surface area contributed by atoms with Crippen LogP contribution in [-0.4, -0.2) is 69.7 Å². The first-order chi connectivity index (χ1) is 11.5. The summed E-state index contributed by atoms with van der Waals surface area (Å²) in [4.78, 5) is 26.8. The standard InChI is InChI=1S/C16H23N3O5/c1-18(10-13(20)19-8-7-17-16(19)21)9-11-5-6-12(22-2)15(24-4)14(11)23-3/h5-6H,7-10H2,1-4H3,(H,17,21). The average molecular weight is 337 g/mol. The van der Waals surface area contributed by atoms with E-state index in [1.807, 2.05) is 18.0 Å². The van der Waals surface area contributed by atoms with Crippen LogP contribution in [0.25, 0.3) is 0 Å². The molecular weight excluding hydrogens is 314 g/mol. The van der Waals surface area contributed by atoms with Crippen LogP contribution >= 0.6 is 0 Å². The van der Waals surface area contributed by atoms with Crippen LogP contribution in [0, 0.1) is 0 Å². The van der Waals surface area contributed by atoms with Crippen molar-refractivity contribution in [3.8, 4) is 17.2 Å². The van der Waals surface area contributed by atoms with Crippen molar-refractivity contribution in [3.63, 3.8) is 0 Å². The molecule has 132 valence electrons. The predicted molar refractivity (Wildman–Crippen MR) is 87.5 cm³/mol. The van der Waals surface area contributed by atoms with E-state index in [-0.39, 0.29) is 18.5 Å². The molecule has 24 heavy (non-hydrogen) atoms. The predicted octanol–water partition coefficient (Wildman–Crippen LogP) is 0.696. The Balaban J connectivity index is 2.09. The molecule has 1 fully saturated rings. The van der Waals surface area contributed by atoms with E-state index in [1.54, 1.807) is 27.4 Å². The minimum atomic E-state index is -0.336. The lowest BCUT2D eigenvalue weighted by atomic mass is 10.1. The van der Waals surface area contributed by atoms with Crippen LogP contribution in [0.1, 0.15) is 5.56 Å². The van der Waals surface area contributed by atoms with E-state index in [2.05, 4.69) is 5.32 Å². The third-order valence-electron chi connectivity index (χ3n) is 3.79. The molecular formula is C16H23N3O5. The Kier molecular flexibility index (Phi) is 5.86. The molecule has 0 spiro atoms. The van der Waals surface area contributed by atoms with Crippen molar-refractivity contribution in [2.75, 3.05) is 48.0 Å². The summed E-state index contributed by atoms with van der Waals surface area (Å²) in [5.74, 6) is 1.42. The van der Waals surface area contributed by atoms with Crippen LogP contribution in [0.2, 0.25) is 0 Å². The lowest BCUT2D eigenvalue weighted by molar-refractivity contribution is -0.128. The van der Waals surface area contributed by atoms with Gasteiger partial charge in [-0.2, -0.15) is 0 Å². The number of nitrogens with zero attached hydrogens (tertiary/aromatic N) is 2. The Labute approximate surface area is 141 Å². The molecule has 1 saturated heterocycles. The van der Waals surface area contributed by atoms with Crippen LogP contribution < -0.4 is 19.5 Å². The van der Waals surface area contributed by atoms with Gasteiger partial charge < -0.3 is 19.5 Å². The maximum absolute atomic E-state index is 12.2. The van der Waals surface area contributed by atoms with Gasteiger partial charge >= 0.3 is 6.03 Å². The number of amides is 3. The van der Waals surface area contributed by atoms with Crippen LogP contribution in [0.5, 0.6) is 17.2 Å². The van der Waals surface area contributed by atoms with E-state index in [0.717, 1.165) is 5.56 Å². The molecule has 2 rings (SSSR count). The van der Waals surface area contributed by atoms with Crippen LogP contribution in [0.3, 0.4) is 0 Å². The molecule has 1 aliphatic rings. The number of hydrogen-bond donors (Lipinski definition) is 1. The van der Waals surface area contributed by atoms with Gasteiger partial charge in [0.15, 0.2) is 11.5 Å². The van der Waals surface area contributed by atoms with E-state index in [9.17, 15) is 9.59 Å². The molecule has 1 aromatic carbocycles.